The number of hydrogen-bond donors (Lipinski definition) is 0. The average Bonchev–Trinajstić information content (AvgIpc) is 3.35. The van der Waals surface area contributed by atoms with Gasteiger partial charge in [0.2, 0.25) is 5.89 Å². The molecular weight excluding hydrogens is 378 g/mol. The van der Waals surface area contributed by atoms with Crippen LogP contribution in [0.4, 0.5) is 0 Å². The van der Waals surface area contributed by atoms with E-state index >= 15 is 0 Å². The molecule has 0 bridgehead atoms. The Bertz CT molecular complexity index is 1160. The van der Waals surface area contributed by atoms with Crippen LogP contribution in [0.1, 0.15) is 39.2 Å². The molecule has 0 saturated carbocycles. The van der Waals surface area contributed by atoms with Crippen molar-refractivity contribution in [2.24, 2.45) is 0 Å². The van der Waals surface area contributed by atoms with Gasteiger partial charge in [-0.3, -0.25) is 4.79 Å². The Balaban J connectivity index is 1.23. The molecule has 0 aliphatic carbocycles. The number of para-hydroxylation sites is 1. The fourth-order valence-electron chi connectivity index (χ4n) is 3.70. The van der Waals surface area contributed by atoms with Gasteiger partial charge < -0.3 is 9.42 Å². The molecule has 1 aliphatic rings. The highest BCUT2D eigenvalue weighted by atomic mass is 16.5. The molecule has 2 aromatic heterocycles. The first-order valence-corrected chi connectivity index (χ1v) is 9.95. The van der Waals surface area contributed by atoms with E-state index in [1.807, 2.05) is 67.6 Å². The molecule has 0 radical (unpaired) electrons. The predicted octanol–water partition coefficient (Wildman–Crippen LogP) is 3.39. The van der Waals surface area contributed by atoms with Gasteiger partial charge in [-0.15, -0.1) is 0 Å². The summed E-state index contributed by atoms with van der Waals surface area (Å²) < 4.78 is 7.23. The van der Waals surface area contributed by atoms with Crippen LogP contribution in [0.5, 0.6) is 0 Å². The number of carbonyl (C=O) groups is 1. The summed E-state index contributed by atoms with van der Waals surface area (Å²) in [5.41, 5.74) is 3.53. The van der Waals surface area contributed by atoms with Crippen molar-refractivity contribution in [3.05, 3.63) is 95.4 Å². The van der Waals surface area contributed by atoms with Crippen LogP contribution in [0.25, 0.3) is 5.69 Å². The number of amides is 1. The summed E-state index contributed by atoms with van der Waals surface area (Å²) in [7, 11) is 0. The van der Waals surface area contributed by atoms with Gasteiger partial charge in [0.05, 0.1) is 29.1 Å². The monoisotopic (exact) mass is 399 g/mol. The van der Waals surface area contributed by atoms with E-state index in [0.717, 1.165) is 16.9 Å². The van der Waals surface area contributed by atoms with Crippen molar-refractivity contribution in [2.45, 2.75) is 19.3 Å². The molecule has 7 nitrogen and oxygen atoms in total. The van der Waals surface area contributed by atoms with Crippen molar-refractivity contribution in [1.82, 2.24) is 24.8 Å². The Kier molecular flexibility index (Phi) is 4.63. The molecule has 3 heterocycles. The topological polar surface area (TPSA) is 77.1 Å². The summed E-state index contributed by atoms with van der Waals surface area (Å²) in [6.45, 7) is 3.06. The van der Waals surface area contributed by atoms with E-state index in [1.165, 1.54) is 0 Å². The third-order valence-corrected chi connectivity index (χ3v) is 5.45. The van der Waals surface area contributed by atoms with Gasteiger partial charge in [0.25, 0.3) is 5.91 Å². The number of hydrogen-bond acceptors (Lipinski definition) is 5. The van der Waals surface area contributed by atoms with E-state index in [-0.39, 0.29) is 11.8 Å². The number of benzene rings is 2. The summed E-state index contributed by atoms with van der Waals surface area (Å²) >= 11 is 0. The van der Waals surface area contributed by atoms with Gasteiger partial charge in [-0.1, -0.05) is 53.7 Å². The zero-order valence-corrected chi connectivity index (χ0v) is 16.6. The minimum Gasteiger partial charge on any atom is -0.339 e. The van der Waals surface area contributed by atoms with Crippen LogP contribution < -0.4 is 0 Å². The van der Waals surface area contributed by atoms with E-state index in [2.05, 4.69) is 15.2 Å². The van der Waals surface area contributed by atoms with Gasteiger partial charge in [0, 0.05) is 19.5 Å². The second-order valence-electron chi connectivity index (χ2n) is 7.51. The lowest BCUT2D eigenvalue weighted by molar-refractivity contribution is 0.0568. The largest absolute Gasteiger partial charge is 0.339 e. The first-order chi connectivity index (χ1) is 14.7. The molecule has 0 atom stereocenters. The third-order valence-electron chi connectivity index (χ3n) is 5.45. The minimum absolute atomic E-state index is 0.0186. The van der Waals surface area contributed by atoms with Crippen LogP contribution in [0.2, 0.25) is 0 Å². The summed E-state index contributed by atoms with van der Waals surface area (Å²) in [6, 6.07) is 19.8. The molecule has 1 fully saturated rings. The van der Waals surface area contributed by atoms with Crippen LogP contribution in [0, 0.1) is 6.92 Å². The second kappa shape index (κ2) is 7.59. The Hall–Kier alpha value is -3.74. The minimum atomic E-state index is -0.0186. The van der Waals surface area contributed by atoms with Crippen molar-refractivity contribution in [3.8, 4) is 5.69 Å². The van der Waals surface area contributed by atoms with Crippen LogP contribution in [-0.4, -0.2) is 43.8 Å². The lowest BCUT2D eigenvalue weighted by Gasteiger charge is -2.37. The SMILES string of the molecule is Cc1c(C(=O)N2CC(c3nc(Cc4ccccc4)no3)C2)cnn1-c1ccccc1. The van der Waals surface area contributed by atoms with Gasteiger partial charge in [-0.2, -0.15) is 10.1 Å². The maximum Gasteiger partial charge on any atom is 0.257 e. The molecule has 30 heavy (non-hydrogen) atoms. The Morgan fingerprint density at radius 3 is 2.50 bits per heavy atom. The molecule has 5 rings (SSSR count). The second-order valence-corrected chi connectivity index (χ2v) is 7.51. The van der Waals surface area contributed by atoms with Gasteiger partial charge in [-0.25, -0.2) is 4.68 Å². The van der Waals surface area contributed by atoms with E-state index in [0.29, 0.717) is 36.8 Å². The van der Waals surface area contributed by atoms with Crippen molar-refractivity contribution in [3.63, 3.8) is 0 Å². The summed E-state index contributed by atoms with van der Waals surface area (Å²) in [6.07, 6.45) is 2.28. The molecule has 7 heteroatoms. The van der Waals surface area contributed by atoms with Crippen LogP contribution in [0.3, 0.4) is 0 Å². The van der Waals surface area contributed by atoms with Crippen LogP contribution in [-0.2, 0) is 6.42 Å². The smallest absolute Gasteiger partial charge is 0.257 e. The molecule has 0 N–H and O–H groups in total. The molecule has 0 spiro atoms. The molecule has 0 unspecified atom stereocenters. The standard InChI is InChI=1S/C23H21N5O2/c1-16-20(13-24-28(16)19-10-6-3-7-11-19)23(29)27-14-18(15-27)22-25-21(26-30-22)12-17-8-4-2-5-9-17/h2-11,13,18H,12,14-15H2,1H3. The predicted molar refractivity (Wildman–Crippen MR) is 110 cm³/mol. The number of aromatic nitrogens is 4. The van der Waals surface area contributed by atoms with Crippen molar-refractivity contribution < 1.29 is 9.32 Å². The van der Waals surface area contributed by atoms with Crippen molar-refractivity contribution in [2.75, 3.05) is 13.1 Å². The zero-order chi connectivity index (χ0) is 20.5. The van der Waals surface area contributed by atoms with E-state index < -0.39 is 0 Å². The highest BCUT2D eigenvalue weighted by molar-refractivity contribution is 5.95. The van der Waals surface area contributed by atoms with E-state index in [1.54, 1.807) is 15.8 Å². The molecule has 1 saturated heterocycles. The van der Waals surface area contributed by atoms with E-state index in [4.69, 9.17) is 4.52 Å². The summed E-state index contributed by atoms with van der Waals surface area (Å²) in [5.74, 6) is 1.33. The highest BCUT2D eigenvalue weighted by Crippen LogP contribution is 2.28. The normalized spacial score (nSPS) is 14.0. The number of carbonyl (C=O) groups excluding carboxylic acids is 1. The van der Waals surface area contributed by atoms with Gasteiger partial charge in [0.1, 0.15) is 0 Å². The third kappa shape index (κ3) is 3.39. The van der Waals surface area contributed by atoms with Gasteiger partial charge >= 0.3 is 0 Å². The number of likely N-dealkylation sites (tertiary alicyclic amines) is 1. The first-order valence-electron chi connectivity index (χ1n) is 9.95. The maximum atomic E-state index is 12.9. The average molecular weight is 399 g/mol. The first kappa shape index (κ1) is 18.3. The summed E-state index contributed by atoms with van der Waals surface area (Å²) in [5, 5.41) is 8.49. The Labute approximate surface area is 174 Å². The molecule has 4 aromatic rings. The molecule has 1 aliphatic heterocycles. The Morgan fingerprint density at radius 1 is 1.07 bits per heavy atom. The fourth-order valence-corrected chi connectivity index (χ4v) is 3.70. The molecule has 150 valence electrons. The zero-order valence-electron chi connectivity index (χ0n) is 16.6. The lowest BCUT2D eigenvalue weighted by atomic mass is 9.99. The molecular formula is C23H21N5O2. The van der Waals surface area contributed by atoms with Crippen LogP contribution >= 0.6 is 0 Å². The molecule has 2 aromatic carbocycles. The van der Waals surface area contributed by atoms with Crippen LogP contribution in [0.15, 0.2) is 71.4 Å². The van der Waals surface area contributed by atoms with Crippen molar-refractivity contribution in [1.29, 1.82) is 0 Å². The molecule has 1 amide bonds. The fraction of sp³-hybridized carbons (Fsp3) is 0.217. The van der Waals surface area contributed by atoms with Gasteiger partial charge in [-0.05, 0) is 24.6 Å². The maximum absolute atomic E-state index is 12.9. The quantitative estimate of drug-likeness (QED) is 0.514. The number of rotatable bonds is 5. The highest BCUT2D eigenvalue weighted by Gasteiger charge is 2.37. The van der Waals surface area contributed by atoms with Crippen molar-refractivity contribution >= 4 is 5.91 Å². The van der Waals surface area contributed by atoms with Gasteiger partial charge in [0.15, 0.2) is 5.82 Å². The number of nitrogens with zero attached hydrogens (tertiary/aromatic N) is 5. The lowest BCUT2D eigenvalue weighted by Crippen LogP contribution is -2.48. The van der Waals surface area contributed by atoms with E-state index in [9.17, 15) is 4.79 Å². The summed E-state index contributed by atoms with van der Waals surface area (Å²) in [4.78, 5) is 19.2. The Morgan fingerprint density at radius 2 is 1.77 bits per heavy atom.